The fourth-order valence-corrected chi connectivity index (χ4v) is 2.76. The number of anilines is 3. The van der Waals surface area contributed by atoms with Gasteiger partial charge in [-0.15, -0.1) is 0 Å². The smallest absolute Gasteiger partial charge is 0.243 e. The number of hydrogen-bond acceptors (Lipinski definition) is 4. The topological polar surface area (TPSA) is 79.5 Å². The standard InChI is InChI=1S/C25H27N3O3/c1-18(2)25(30)28-22-10-6-9-21(15-22)27-24(29)16-26-20-11-13-23(14-12-20)31-17-19-7-4-3-5-8-19/h3-15,18,26H,16-17H2,1-2H3,(H,27,29)(H,28,30). The fourth-order valence-electron chi connectivity index (χ4n) is 2.76. The summed E-state index contributed by atoms with van der Waals surface area (Å²) in [6.45, 7) is 4.28. The Balaban J connectivity index is 1.45. The predicted molar refractivity (Wildman–Crippen MR) is 124 cm³/mol. The summed E-state index contributed by atoms with van der Waals surface area (Å²) in [6.07, 6.45) is 0. The summed E-state index contributed by atoms with van der Waals surface area (Å²) >= 11 is 0. The van der Waals surface area contributed by atoms with Gasteiger partial charge in [-0.1, -0.05) is 50.2 Å². The second-order valence-electron chi connectivity index (χ2n) is 7.43. The van der Waals surface area contributed by atoms with E-state index in [1.54, 1.807) is 24.3 Å². The average Bonchev–Trinajstić information content (AvgIpc) is 2.78. The third-order valence-corrected chi connectivity index (χ3v) is 4.49. The third-order valence-electron chi connectivity index (χ3n) is 4.49. The SMILES string of the molecule is CC(C)C(=O)Nc1cccc(NC(=O)CNc2ccc(OCc3ccccc3)cc2)c1. The van der Waals surface area contributed by atoms with Crippen molar-refractivity contribution < 1.29 is 14.3 Å². The Labute approximate surface area is 182 Å². The minimum absolute atomic E-state index is 0.0682. The summed E-state index contributed by atoms with van der Waals surface area (Å²) in [5.74, 6) is 0.398. The molecular formula is C25H27N3O3. The van der Waals surface area contributed by atoms with Gasteiger partial charge in [-0.05, 0) is 48.0 Å². The number of amides is 2. The summed E-state index contributed by atoms with van der Waals surface area (Å²) < 4.78 is 5.77. The first-order valence-corrected chi connectivity index (χ1v) is 10.2. The van der Waals surface area contributed by atoms with Crippen molar-refractivity contribution in [3.05, 3.63) is 84.4 Å². The van der Waals surface area contributed by atoms with Crippen LogP contribution in [0.15, 0.2) is 78.9 Å². The molecule has 0 saturated carbocycles. The summed E-state index contributed by atoms with van der Waals surface area (Å²) in [6, 6.07) is 24.5. The molecule has 6 heteroatoms. The number of benzene rings is 3. The molecule has 0 aliphatic carbocycles. The van der Waals surface area contributed by atoms with Crippen LogP contribution in [0.1, 0.15) is 19.4 Å². The van der Waals surface area contributed by atoms with Crippen molar-refractivity contribution in [2.45, 2.75) is 20.5 Å². The maximum absolute atomic E-state index is 12.3. The number of carbonyl (C=O) groups excluding carboxylic acids is 2. The van der Waals surface area contributed by atoms with Gasteiger partial charge in [0.15, 0.2) is 0 Å². The molecule has 0 bridgehead atoms. The highest BCUT2D eigenvalue weighted by molar-refractivity contribution is 5.96. The maximum atomic E-state index is 12.3. The predicted octanol–water partition coefficient (Wildman–Crippen LogP) is 4.91. The van der Waals surface area contributed by atoms with E-state index >= 15 is 0 Å². The highest BCUT2D eigenvalue weighted by Gasteiger charge is 2.08. The van der Waals surface area contributed by atoms with Gasteiger partial charge < -0.3 is 20.7 Å². The monoisotopic (exact) mass is 417 g/mol. The van der Waals surface area contributed by atoms with E-state index in [2.05, 4.69) is 16.0 Å². The van der Waals surface area contributed by atoms with Gasteiger partial charge in [-0.3, -0.25) is 9.59 Å². The van der Waals surface area contributed by atoms with Gasteiger partial charge in [0, 0.05) is 23.0 Å². The van der Waals surface area contributed by atoms with Crippen molar-refractivity contribution in [2.75, 3.05) is 22.5 Å². The second kappa shape index (κ2) is 10.8. The van der Waals surface area contributed by atoms with Gasteiger partial charge in [0.05, 0.1) is 6.54 Å². The maximum Gasteiger partial charge on any atom is 0.243 e. The van der Waals surface area contributed by atoms with Crippen LogP contribution in [0, 0.1) is 5.92 Å². The normalized spacial score (nSPS) is 10.4. The number of rotatable bonds is 9. The zero-order chi connectivity index (χ0) is 22.1. The van der Waals surface area contributed by atoms with Crippen LogP contribution in [0.3, 0.4) is 0 Å². The third kappa shape index (κ3) is 7.19. The molecule has 3 aromatic rings. The minimum Gasteiger partial charge on any atom is -0.489 e. The van der Waals surface area contributed by atoms with E-state index in [1.165, 1.54) is 0 Å². The van der Waals surface area contributed by atoms with Crippen LogP contribution >= 0.6 is 0 Å². The van der Waals surface area contributed by atoms with Crippen LogP contribution < -0.4 is 20.7 Å². The highest BCUT2D eigenvalue weighted by atomic mass is 16.5. The molecular weight excluding hydrogens is 390 g/mol. The van der Waals surface area contributed by atoms with E-state index in [4.69, 9.17) is 4.74 Å². The number of ether oxygens (including phenoxy) is 1. The first-order chi connectivity index (χ1) is 15.0. The van der Waals surface area contributed by atoms with Gasteiger partial charge in [-0.2, -0.15) is 0 Å². The lowest BCUT2D eigenvalue weighted by molar-refractivity contribution is -0.119. The van der Waals surface area contributed by atoms with Crippen LogP contribution in [0.2, 0.25) is 0 Å². The molecule has 0 aromatic heterocycles. The van der Waals surface area contributed by atoms with E-state index in [0.29, 0.717) is 18.0 Å². The summed E-state index contributed by atoms with van der Waals surface area (Å²) in [5.41, 5.74) is 3.20. The molecule has 0 atom stereocenters. The highest BCUT2D eigenvalue weighted by Crippen LogP contribution is 2.18. The van der Waals surface area contributed by atoms with Crippen LogP contribution in [-0.4, -0.2) is 18.4 Å². The number of carbonyl (C=O) groups is 2. The average molecular weight is 418 g/mol. The largest absolute Gasteiger partial charge is 0.489 e. The van der Waals surface area contributed by atoms with E-state index in [-0.39, 0.29) is 24.3 Å². The fraction of sp³-hybridized carbons (Fsp3) is 0.200. The molecule has 0 aliphatic rings. The molecule has 160 valence electrons. The van der Waals surface area contributed by atoms with Crippen molar-refractivity contribution >= 4 is 28.9 Å². The van der Waals surface area contributed by atoms with Gasteiger partial charge in [0.2, 0.25) is 11.8 Å². The Bertz CT molecular complexity index is 1000. The number of nitrogens with one attached hydrogen (secondary N) is 3. The first kappa shape index (κ1) is 21.9. The molecule has 0 heterocycles. The van der Waals surface area contributed by atoms with Gasteiger partial charge in [0.1, 0.15) is 12.4 Å². The summed E-state index contributed by atoms with van der Waals surface area (Å²) in [4.78, 5) is 24.1. The van der Waals surface area contributed by atoms with E-state index in [1.807, 2.05) is 68.4 Å². The molecule has 6 nitrogen and oxygen atoms in total. The van der Waals surface area contributed by atoms with Crippen LogP contribution in [0.4, 0.5) is 17.1 Å². The first-order valence-electron chi connectivity index (χ1n) is 10.2. The molecule has 2 amide bonds. The second-order valence-corrected chi connectivity index (χ2v) is 7.43. The molecule has 0 spiro atoms. The van der Waals surface area contributed by atoms with Crippen LogP contribution in [0.5, 0.6) is 5.75 Å². The van der Waals surface area contributed by atoms with Gasteiger partial charge in [-0.25, -0.2) is 0 Å². The van der Waals surface area contributed by atoms with Crippen molar-refractivity contribution in [1.29, 1.82) is 0 Å². The number of hydrogen-bond donors (Lipinski definition) is 3. The lowest BCUT2D eigenvalue weighted by Crippen LogP contribution is -2.22. The van der Waals surface area contributed by atoms with Crippen molar-refractivity contribution in [3.63, 3.8) is 0 Å². The minimum atomic E-state index is -0.184. The van der Waals surface area contributed by atoms with Crippen molar-refractivity contribution in [2.24, 2.45) is 5.92 Å². The zero-order valence-electron chi connectivity index (χ0n) is 17.7. The van der Waals surface area contributed by atoms with Crippen molar-refractivity contribution in [3.8, 4) is 5.75 Å². The van der Waals surface area contributed by atoms with Crippen LogP contribution in [-0.2, 0) is 16.2 Å². The van der Waals surface area contributed by atoms with Crippen molar-refractivity contribution in [1.82, 2.24) is 0 Å². The van der Waals surface area contributed by atoms with E-state index in [0.717, 1.165) is 17.0 Å². The molecule has 0 aliphatic heterocycles. The summed E-state index contributed by atoms with van der Waals surface area (Å²) in [5, 5.41) is 8.74. The zero-order valence-corrected chi connectivity index (χ0v) is 17.7. The Morgan fingerprint density at radius 3 is 2.16 bits per heavy atom. The Hall–Kier alpha value is -3.80. The molecule has 0 unspecified atom stereocenters. The molecule has 3 N–H and O–H groups in total. The molecule has 0 fully saturated rings. The Morgan fingerprint density at radius 2 is 1.48 bits per heavy atom. The summed E-state index contributed by atoms with van der Waals surface area (Å²) in [7, 11) is 0. The molecule has 0 radical (unpaired) electrons. The van der Waals surface area contributed by atoms with E-state index < -0.39 is 0 Å². The Kier molecular flexibility index (Phi) is 7.65. The quantitative estimate of drug-likeness (QED) is 0.462. The van der Waals surface area contributed by atoms with Gasteiger partial charge >= 0.3 is 0 Å². The lowest BCUT2D eigenvalue weighted by Gasteiger charge is -2.11. The molecule has 3 rings (SSSR count). The molecule has 0 saturated heterocycles. The Morgan fingerprint density at radius 1 is 0.806 bits per heavy atom. The molecule has 3 aromatic carbocycles. The lowest BCUT2D eigenvalue weighted by atomic mass is 10.2. The van der Waals surface area contributed by atoms with E-state index in [9.17, 15) is 9.59 Å². The molecule has 31 heavy (non-hydrogen) atoms. The van der Waals surface area contributed by atoms with Gasteiger partial charge in [0.25, 0.3) is 0 Å². The van der Waals surface area contributed by atoms with Crippen LogP contribution in [0.25, 0.3) is 0 Å².